The minimum atomic E-state index is 0.00934. The summed E-state index contributed by atoms with van der Waals surface area (Å²) < 4.78 is 7.83. The molecule has 2 saturated heterocycles. The van der Waals surface area contributed by atoms with Crippen LogP contribution in [-0.2, 0) is 24.9 Å². The first kappa shape index (κ1) is 23.2. The molecule has 3 aliphatic rings. The second-order valence-electron chi connectivity index (χ2n) is 10.5. The maximum Gasteiger partial charge on any atom is 0.291 e. The van der Waals surface area contributed by atoms with Crippen LogP contribution in [0.1, 0.15) is 59.7 Å². The van der Waals surface area contributed by atoms with Crippen LogP contribution >= 0.6 is 0 Å². The van der Waals surface area contributed by atoms with E-state index in [0.29, 0.717) is 5.82 Å². The van der Waals surface area contributed by atoms with Gasteiger partial charge < -0.3 is 14.2 Å². The van der Waals surface area contributed by atoms with Crippen molar-refractivity contribution in [2.75, 3.05) is 26.7 Å². The van der Waals surface area contributed by atoms with Crippen molar-refractivity contribution in [3.8, 4) is 5.75 Å². The molecular formula is C29H35N5O2. The molecule has 0 spiro atoms. The lowest BCUT2D eigenvalue weighted by atomic mass is 9.71. The zero-order chi connectivity index (χ0) is 24.5. The van der Waals surface area contributed by atoms with E-state index in [4.69, 9.17) is 4.74 Å². The molecule has 36 heavy (non-hydrogen) atoms. The summed E-state index contributed by atoms with van der Waals surface area (Å²) in [6.45, 7) is 4.18. The van der Waals surface area contributed by atoms with Crippen molar-refractivity contribution in [1.29, 1.82) is 0 Å². The quantitative estimate of drug-likeness (QED) is 0.545. The van der Waals surface area contributed by atoms with Gasteiger partial charge in [0.2, 0.25) is 5.82 Å². The predicted octanol–water partition coefficient (Wildman–Crippen LogP) is 4.07. The van der Waals surface area contributed by atoms with Gasteiger partial charge in [0.05, 0.1) is 7.11 Å². The highest BCUT2D eigenvalue weighted by atomic mass is 16.5. The van der Waals surface area contributed by atoms with Crippen molar-refractivity contribution >= 4 is 5.91 Å². The highest BCUT2D eigenvalue weighted by Crippen LogP contribution is 2.47. The van der Waals surface area contributed by atoms with Gasteiger partial charge in [0.15, 0.2) is 0 Å². The number of fused-ring (bicyclic) bond motifs is 2. The minimum Gasteiger partial charge on any atom is -0.496 e. The Bertz CT molecular complexity index is 1220. The summed E-state index contributed by atoms with van der Waals surface area (Å²) in [6, 6.07) is 19.5. The summed E-state index contributed by atoms with van der Waals surface area (Å²) in [7, 11) is 1.74. The number of nitrogens with zero attached hydrogens (tertiary/aromatic N) is 5. The van der Waals surface area contributed by atoms with Gasteiger partial charge in [0.1, 0.15) is 11.6 Å². The first-order valence-electron chi connectivity index (χ1n) is 13.3. The largest absolute Gasteiger partial charge is 0.496 e. The maximum absolute atomic E-state index is 13.5. The van der Waals surface area contributed by atoms with Gasteiger partial charge in [-0.2, -0.15) is 0 Å². The Labute approximate surface area is 213 Å². The number of methoxy groups -OCH3 is 1. The van der Waals surface area contributed by atoms with Gasteiger partial charge in [0.25, 0.3) is 5.91 Å². The Morgan fingerprint density at radius 3 is 2.56 bits per heavy atom. The topological polar surface area (TPSA) is 63.5 Å². The van der Waals surface area contributed by atoms with Gasteiger partial charge in [-0.25, -0.2) is 0 Å². The van der Waals surface area contributed by atoms with Crippen LogP contribution in [0.3, 0.4) is 0 Å². The number of benzene rings is 2. The molecule has 0 aliphatic carbocycles. The molecule has 2 aromatic carbocycles. The molecule has 1 aromatic heterocycles. The highest BCUT2D eigenvalue weighted by Gasteiger charge is 2.50. The van der Waals surface area contributed by atoms with E-state index in [-0.39, 0.29) is 17.4 Å². The van der Waals surface area contributed by atoms with Crippen molar-refractivity contribution in [3.05, 3.63) is 77.4 Å². The molecule has 0 unspecified atom stereocenters. The first-order chi connectivity index (χ1) is 17.7. The average molecular weight is 486 g/mol. The van der Waals surface area contributed by atoms with E-state index in [9.17, 15) is 4.79 Å². The van der Waals surface area contributed by atoms with Crippen LogP contribution in [0.15, 0.2) is 54.6 Å². The zero-order valence-corrected chi connectivity index (χ0v) is 21.1. The number of hydrogen-bond acceptors (Lipinski definition) is 5. The maximum atomic E-state index is 13.5. The van der Waals surface area contributed by atoms with Crippen LogP contribution in [0.4, 0.5) is 0 Å². The SMILES string of the molecule is COc1ccccc1CN1CC[C@]2(c3ccccc3)CCc3nnc(C(=O)N4CCCCC4)n3C[C@@H]12. The number of amides is 1. The number of piperidine rings is 1. The smallest absolute Gasteiger partial charge is 0.291 e. The summed E-state index contributed by atoms with van der Waals surface area (Å²) in [5.41, 5.74) is 2.59. The number of hydrogen-bond donors (Lipinski definition) is 0. The number of likely N-dealkylation sites (tertiary alicyclic amines) is 2. The molecule has 188 valence electrons. The molecule has 6 rings (SSSR count). The molecule has 7 nitrogen and oxygen atoms in total. The van der Waals surface area contributed by atoms with E-state index in [2.05, 4.69) is 62.1 Å². The van der Waals surface area contributed by atoms with Crippen LogP contribution in [0.25, 0.3) is 0 Å². The second-order valence-corrected chi connectivity index (χ2v) is 10.5. The molecule has 4 heterocycles. The van der Waals surface area contributed by atoms with E-state index in [0.717, 1.165) is 76.4 Å². The second kappa shape index (κ2) is 9.69. The fourth-order valence-corrected chi connectivity index (χ4v) is 6.71. The van der Waals surface area contributed by atoms with Gasteiger partial charge in [-0.1, -0.05) is 48.5 Å². The molecule has 2 fully saturated rings. The third-order valence-electron chi connectivity index (χ3n) is 8.65. The number of aromatic nitrogens is 3. The minimum absolute atomic E-state index is 0.00934. The van der Waals surface area contributed by atoms with Crippen LogP contribution in [0.2, 0.25) is 0 Å². The van der Waals surface area contributed by atoms with Crippen LogP contribution < -0.4 is 4.74 Å². The molecule has 0 N–H and O–H groups in total. The molecule has 2 atom stereocenters. The highest BCUT2D eigenvalue weighted by molar-refractivity contribution is 5.90. The van der Waals surface area contributed by atoms with Gasteiger partial charge in [-0.15, -0.1) is 10.2 Å². The summed E-state index contributed by atoms with van der Waals surface area (Å²) >= 11 is 0. The van der Waals surface area contributed by atoms with E-state index in [1.807, 2.05) is 17.0 Å². The van der Waals surface area contributed by atoms with E-state index >= 15 is 0 Å². The number of rotatable bonds is 5. The Morgan fingerprint density at radius 1 is 0.972 bits per heavy atom. The molecule has 0 bridgehead atoms. The Kier molecular flexibility index (Phi) is 6.25. The normalized spacial score (nSPS) is 24.1. The van der Waals surface area contributed by atoms with Crippen molar-refractivity contribution in [1.82, 2.24) is 24.6 Å². The fourth-order valence-electron chi connectivity index (χ4n) is 6.71. The van der Waals surface area contributed by atoms with E-state index in [1.54, 1.807) is 7.11 Å². The predicted molar refractivity (Wildman–Crippen MR) is 138 cm³/mol. The Hall–Kier alpha value is -3.19. The standard InChI is InChI=1S/C29H35N5O2/c1-36-24-13-7-6-10-22(24)20-33-19-16-29(23-11-4-2-5-12-23)15-14-26-30-31-27(34(26)21-25(29)33)28(35)32-17-8-3-9-18-32/h2,4-7,10-13,25H,3,8-9,14-21H2,1H3/t25-,29+/m1/s1. The van der Waals surface area contributed by atoms with E-state index < -0.39 is 0 Å². The molecule has 7 heteroatoms. The van der Waals surface area contributed by atoms with Crippen molar-refractivity contribution < 1.29 is 9.53 Å². The number of ether oxygens (including phenoxy) is 1. The number of para-hydroxylation sites is 1. The van der Waals surface area contributed by atoms with Crippen LogP contribution in [-0.4, -0.2) is 63.3 Å². The molecule has 3 aliphatic heterocycles. The fraction of sp³-hybridized carbons (Fsp3) is 0.483. The van der Waals surface area contributed by atoms with Crippen LogP contribution in [0, 0.1) is 0 Å². The number of carbonyl (C=O) groups excluding carboxylic acids is 1. The molecule has 1 amide bonds. The summed E-state index contributed by atoms with van der Waals surface area (Å²) in [5, 5.41) is 8.99. The van der Waals surface area contributed by atoms with Crippen molar-refractivity contribution in [2.24, 2.45) is 0 Å². The monoisotopic (exact) mass is 485 g/mol. The summed E-state index contributed by atoms with van der Waals surface area (Å²) in [6.07, 6.45) is 6.25. The summed E-state index contributed by atoms with van der Waals surface area (Å²) in [5.74, 6) is 2.42. The van der Waals surface area contributed by atoms with Gasteiger partial charge in [-0.05, 0) is 50.3 Å². The molecule has 0 radical (unpaired) electrons. The summed E-state index contributed by atoms with van der Waals surface area (Å²) in [4.78, 5) is 18.1. The van der Waals surface area contributed by atoms with Gasteiger partial charge >= 0.3 is 0 Å². The third kappa shape index (κ3) is 3.99. The van der Waals surface area contributed by atoms with E-state index in [1.165, 1.54) is 17.5 Å². The number of aryl methyl sites for hydroxylation is 1. The molecular weight excluding hydrogens is 450 g/mol. The zero-order valence-electron chi connectivity index (χ0n) is 21.1. The lowest BCUT2D eigenvalue weighted by Crippen LogP contribution is -2.45. The lowest BCUT2D eigenvalue weighted by Gasteiger charge is -2.38. The van der Waals surface area contributed by atoms with Crippen molar-refractivity contribution in [3.63, 3.8) is 0 Å². The average Bonchev–Trinajstić information content (AvgIpc) is 3.45. The lowest BCUT2D eigenvalue weighted by molar-refractivity contribution is 0.0702. The van der Waals surface area contributed by atoms with Crippen LogP contribution in [0.5, 0.6) is 5.75 Å². The van der Waals surface area contributed by atoms with Gasteiger partial charge in [0, 0.05) is 49.6 Å². The molecule has 3 aromatic rings. The van der Waals surface area contributed by atoms with Crippen molar-refractivity contribution in [2.45, 2.75) is 63.1 Å². The molecule has 0 saturated carbocycles. The third-order valence-corrected chi connectivity index (χ3v) is 8.65. The van der Waals surface area contributed by atoms with Gasteiger partial charge in [-0.3, -0.25) is 9.69 Å². The Balaban J connectivity index is 1.37. The number of carbonyl (C=O) groups is 1. The Morgan fingerprint density at radius 2 is 1.75 bits per heavy atom. The first-order valence-corrected chi connectivity index (χ1v) is 13.3.